The Morgan fingerprint density at radius 3 is 2.29 bits per heavy atom. The number of piperidine rings is 1. The van der Waals surface area contributed by atoms with Gasteiger partial charge in [0.1, 0.15) is 0 Å². The van der Waals surface area contributed by atoms with E-state index in [0.29, 0.717) is 0 Å². The molecule has 3 heteroatoms. The molecule has 0 aromatic rings. The van der Waals surface area contributed by atoms with Crippen LogP contribution in [0, 0.1) is 0 Å². The van der Waals surface area contributed by atoms with Crippen LogP contribution in [-0.2, 0) is 0 Å². The standard InChI is InChI=1S/C14H28N2O/c17-14(7-3-1-4-8-14)13-15-9-12-16-10-5-2-6-11-16/h15,17H,1-13H2. The molecule has 2 N–H and O–H groups in total. The zero-order valence-corrected chi connectivity index (χ0v) is 11.1. The van der Waals surface area contributed by atoms with Gasteiger partial charge in [0, 0.05) is 19.6 Å². The Hall–Kier alpha value is -0.120. The molecule has 0 spiro atoms. The van der Waals surface area contributed by atoms with Crippen molar-refractivity contribution in [3.05, 3.63) is 0 Å². The maximum Gasteiger partial charge on any atom is 0.0771 e. The molecule has 0 unspecified atom stereocenters. The van der Waals surface area contributed by atoms with Gasteiger partial charge in [-0.25, -0.2) is 0 Å². The fourth-order valence-corrected chi connectivity index (χ4v) is 3.13. The Kier molecular flexibility index (Phi) is 5.26. The third-order valence-corrected chi connectivity index (χ3v) is 4.29. The van der Waals surface area contributed by atoms with Crippen LogP contribution < -0.4 is 5.32 Å². The average Bonchev–Trinajstić information content (AvgIpc) is 2.37. The summed E-state index contributed by atoms with van der Waals surface area (Å²) in [7, 11) is 0. The van der Waals surface area contributed by atoms with Crippen molar-refractivity contribution < 1.29 is 5.11 Å². The minimum Gasteiger partial charge on any atom is -0.389 e. The fourth-order valence-electron chi connectivity index (χ4n) is 3.13. The highest BCUT2D eigenvalue weighted by Gasteiger charge is 2.28. The Morgan fingerprint density at radius 1 is 0.941 bits per heavy atom. The van der Waals surface area contributed by atoms with Crippen LogP contribution in [0.2, 0.25) is 0 Å². The predicted octanol–water partition coefficient (Wildman–Crippen LogP) is 1.76. The summed E-state index contributed by atoms with van der Waals surface area (Å²) in [5.74, 6) is 0. The molecule has 1 heterocycles. The Bertz CT molecular complexity index is 208. The number of likely N-dealkylation sites (tertiary alicyclic amines) is 1. The van der Waals surface area contributed by atoms with Gasteiger partial charge in [-0.2, -0.15) is 0 Å². The van der Waals surface area contributed by atoms with Gasteiger partial charge in [0.05, 0.1) is 5.60 Å². The zero-order chi connectivity index (χ0) is 12.0. The number of hydrogen-bond donors (Lipinski definition) is 2. The molecule has 1 aliphatic carbocycles. The quantitative estimate of drug-likeness (QED) is 0.719. The van der Waals surface area contributed by atoms with Gasteiger partial charge < -0.3 is 15.3 Å². The Labute approximate surface area is 106 Å². The van der Waals surface area contributed by atoms with Gasteiger partial charge in [-0.1, -0.05) is 25.7 Å². The van der Waals surface area contributed by atoms with Crippen LogP contribution in [0.4, 0.5) is 0 Å². The van der Waals surface area contributed by atoms with Crippen molar-refractivity contribution in [2.75, 3.05) is 32.7 Å². The molecule has 0 bridgehead atoms. The molecule has 0 atom stereocenters. The first-order chi connectivity index (χ1) is 8.29. The van der Waals surface area contributed by atoms with Crippen molar-refractivity contribution in [1.29, 1.82) is 0 Å². The van der Waals surface area contributed by atoms with Crippen molar-refractivity contribution in [1.82, 2.24) is 10.2 Å². The van der Waals surface area contributed by atoms with Gasteiger partial charge in [0.2, 0.25) is 0 Å². The molecule has 0 aromatic heterocycles. The second-order valence-electron chi connectivity index (χ2n) is 5.86. The van der Waals surface area contributed by atoms with Crippen molar-refractivity contribution in [2.24, 2.45) is 0 Å². The van der Waals surface area contributed by atoms with Crippen LogP contribution in [0.5, 0.6) is 0 Å². The maximum atomic E-state index is 10.3. The van der Waals surface area contributed by atoms with Crippen LogP contribution in [0.1, 0.15) is 51.4 Å². The van der Waals surface area contributed by atoms with Crippen molar-refractivity contribution in [3.8, 4) is 0 Å². The van der Waals surface area contributed by atoms with Crippen molar-refractivity contribution >= 4 is 0 Å². The molecular weight excluding hydrogens is 212 g/mol. The van der Waals surface area contributed by atoms with E-state index in [-0.39, 0.29) is 0 Å². The van der Waals surface area contributed by atoms with Crippen molar-refractivity contribution in [2.45, 2.75) is 57.0 Å². The molecular formula is C14H28N2O. The van der Waals surface area contributed by atoms with Gasteiger partial charge >= 0.3 is 0 Å². The van der Waals surface area contributed by atoms with E-state index in [2.05, 4.69) is 10.2 Å². The summed E-state index contributed by atoms with van der Waals surface area (Å²) >= 11 is 0. The van der Waals surface area contributed by atoms with Gasteiger partial charge in [-0.3, -0.25) is 0 Å². The molecule has 2 aliphatic rings. The van der Waals surface area contributed by atoms with Crippen LogP contribution in [0.25, 0.3) is 0 Å². The molecule has 17 heavy (non-hydrogen) atoms. The first-order valence-corrected chi connectivity index (χ1v) is 7.44. The molecule has 1 saturated heterocycles. The summed E-state index contributed by atoms with van der Waals surface area (Å²) < 4.78 is 0. The molecule has 100 valence electrons. The van der Waals surface area contributed by atoms with Crippen molar-refractivity contribution in [3.63, 3.8) is 0 Å². The van der Waals surface area contributed by atoms with Gasteiger partial charge in [0.25, 0.3) is 0 Å². The summed E-state index contributed by atoms with van der Waals surface area (Å²) in [6.45, 7) is 5.51. The third-order valence-electron chi connectivity index (χ3n) is 4.29. The van der Waals surface area contributed by atoms with E-state index >= 15 is 0 Å². The lowest BCUT2D eigenvalue weighted by Gasteiger charge is -2.33. The molecule has 1 saturated carbocycles. The first kappa shape index (κ1) is 13.3. The van der Waals surface area contributed by atoms with E-state index < -0.39 is 5.60 Å². The van der Waals surface area contributed by atoms with E-state index in [9.17, 15) is 5.11 Å². The summed E-state index contributed by atoms with van der Waals surface area (Å²) in [5, 5.41) is 13.8. The van der Waals surface area contributed by atoms with E-state index in [1.165, 1.54) is 51.6 Å². The average molecular weight is 240 g/mol. The molecule has 0 radical (unpaired) electrons. The molecule has 0 aromatic carbocycles. The highest BCUT2D eigenvalue weighted by atomic mass is 16.3. The summed E-state index contributed by atoms with van der Waals surface area (Å²) in [4.78, 5) is 2.54. The van der Waals surface area contributed by atoms with E-state index in [1.54, 1.807) is 0 Å². The highest BCUT2D eigenvalue weighted by Crippen LogP contribution is 2.27. The molecule has 1 aliphatic heterocycles. The smallest absolute Gasteiger partial charge is 0.0771 e. The molecule has 2 rings (SSSR count). The number of rotatable bonds is 5. The maximum absolute atomic E-state index is 10.3. The lowest BCUT2D eigenvalue weighted by molar-refractivity contribution is 0.00459. The Morgan fingerprint density at radius 2 is 1.59 bits per heavy atom. The number of nitrogens with one attached hydrogen (secondary N) is 1. The topological polar surface area (TPSA) is 35.5 Å². The Balaban J connectivity index is 1.55. The minimum absolute atomic E-state index is 0.403. The summed E-state index contributed by atoms with van der Waals surface area (Å²) in [6, 6.07) is 0. The van der Waals surface area contributed by atoms with Crippen LogP contribution in [-0.4, -0.2) is 48.3 Å². The van der Waals surface area contributed by atoms with Crippen LogP contribution in [0.3, 0.4) is 0 Å². The van der Waals surface area contributed by atoms with Crippen LogP contribution in [0.15, 0.2) is 0 Å². The SMILES string of the molecule is OC1(CNCCN2CCCCC2)CCCCC1. The van der Waals surface area contributed by atoms with E-state index in [1.807, 2.05) is 0 Å². The monoisotopic (exact) mass is 240 g/mol. The molecule has 2 fully saturated rings. The van der Waals surface area contributed by atoms with E-state index in [0.717, 1.165) is 32.5 Å². The highest BCUT2D eigenvalue weighted by molar-refractivity contribution is 4.84. The minimum atomic E-state index is -0.403. The third kappa shape index (κ3) is 4.57. The van der Waals surface area contributed by atoms with Gasteiger partial charge in [-0.15, -0.1) is 0 Å². The lowest BCUT2D eigenvalue weighted by atomic mass is 9.85. The van der Waals surface area contributed by atoms with E-state index in [4.69, 9.17) is 0 Å². The normalized spacial score (nSPS) is 25.9. The second kappa shape index (κ2) is 6.72. The molecule has 3 nitrogen and oxygen atoms in total. The number of aliphatic hydroxyl groups is 1. The van der Waals surface area contributed by atoms with Gasteiger partial charge in [0.15, 0.2) is 0 Å². The predicted molar refractivity (Wildman–Crippen MR) is 71.2 cm³/mol. The zero-order valence-electron chi connectivity index (χ0n) is 11.1. The number of nitrogens with zero attached hydrogens (tertiary/aromatic N) is 1. The largest absolute Gasteiger partial charge is 0.389 e. The second-order valence-corrected chi connectivity index (χ2v) is 5.86. The van der Waals surface area contributed by atoms with Gasteiger partial charge in [-0.05, 0) is 38.8 Å². The summed E-state index contributed by atoms with van der Waals surface area (Å²) in [5.41, 5.74) is -0.403. The number of hydrogen-bond acceptors (Lipinski definition) is 3. The fraction of sp³-hybridized carbons (Fsp3) is 1.00. The summed E-state index contributed by atoms with van der Waals surface area (Å²) in [6.07, 6.45) is 9.82. The van der Waals surface area contributed by atoms with Crippen LogP contribution >= 0.6 is 0 Å². The lowest BCUT2D eigenvalue weighted by Crippen LogP contribution is -2.44. The first-order valence-electron chi connectivity index (χ1n) is 7.44. The molecule has 0 amide bonds.